The van der Waals surface area contributed by atoms with Crippen molar-refractivity contribution in [3.63, 3.8) is 0 Å². The van der Waals surface area contributed by atoms with E-state index in [1.165, 1.54) is 6.07 Å². The molecule has 2 heterocycles. The number of thiophene rings is 2. The summed E-state index contributed by atoms with van der Waals surface area (Å²) in [4.78, 5) is 1.15. The van der Waals surface area contributed by atoms with Crippen molar-refractivity contribution < 1.29 is 13.5 Å². The van der Waals surface area contributed by atoms with Crippen LogP contribution in [-0.4, -0.2) is 19.6 Å². The van der Waals surface area contributed by atoms with Gasteiger partial charge in [-0.05, 0) is 41.8 Å². The van der Waals surface area contributed by atoms with Crippen LogP contribution in [0.5, 0.6) is 0 Å². The summed E-state index contributed by atoms with van der Waals surface area (Å²) in [5.74, 6) is 0. The minimum Gasteiger partial charge on any atom is -0.392 e. The molecule has 1 unspecified atom stereocenters. The third kappa shape index (κ3) is 3.87. The Morgan fingerprint density at radius 1 is 1.42 bits per heavy atom. The predicted molar refractivity (Wildman–Crippen MR) is 78.0 cm³/mol. The lowest BCUT2D eigenvalue weighted by Gasteiger charge is -2.12. The number of hydrogen-bond donors (Lipinski definition) is 2. The fraction of sp³-hybridized carbons (Fsp3) is 0.333. The maximum atomic E-state index is 12.1. The molecule has 104 valence electrons. The normalized spacial score (nSPS) is 13.6. The highest BCUT2D eigenvalue weighted by Gasteiger charge is 2.19. The highest BCUT2D eigenvalue weighted by Crippen LogP contribution is 2.21. The van der Waals surface area contributed by atoms with E-state index in [1.54, 1.807) is 16.7 Å². The van der Waals surface area contributed by atoms with E-state index in [1.807, 2.05) is 24.4 Å². The summed E-state index contributed by atoms with van der Waals surface area (Å²) in [6.07, 6.45) is 0.676. The molecule has 0 saturated heterocycles. The molecule has 0 amide bonds. The second kappa shape index (κ2) is 6.15. The Hall–Kier alpha value is -0.730. The molecule has 0 aliphatic rings. The van der Waals surface area contributed by atoms with Crippen molar-refractivity contribution in [2.45, 2.75) is 30.2 Å². The monoisotopic (exact) mass is 317 g/mol. The average Bonchev–Trinajstić information content (AvgIpc) is 2.97. The first-order valence-corrected chi connectivity index (χ1v) is 8.98. The van der Waals surface area contributed by atoms with Crippen molar-refractivity contribution in [2.75, 3.05) is 0 Å². The quantitative estimate of drug-likeness (QED) is 0.858. The van der Waals surface area contributed by atoms with Crippen LogP contribution in [0.3, 0.4) is 0 Å². The van der Waals surface area contributed by atoms with Gasteiger partial charge in [-0.3, -0.25) is 0 Å². The van der Waals surface area contributed by atoms with Gasteiger partial charge in [0.25, 0.3) is 0 Å². The highest BCUT2D eigenvalue weighted by atomic mass is 32.2. The Labute approximate surface area is 120 Å². The van der Waals surface area contributed by atoms with Crippen LogP contribution < -0.4 is 4.72 Å². The first-order valence-electron chi connectivity index (χ1n) is 5.74. The van der Waals surface area contributed by atoms with Crippen molar-refractivity contribution in [2.24, 2.45) is 0 Å². The third-order valence-electron chi connectivity index (χ3n) is 2.52. The Balaban J connectivity index is 2.04. The Morgan fingerprint density at radius 3 is 2.79 bits per heavy atom. The van der Waals surface area contributed by atoms with Gasteiger partial charge in [-0.25, -0.2) is 13.1 Å². The van der Waals surface area contributed by atoms with Crippen LogP contribution in [0.15, 0.2) is 33.2 Å². The van der Waals surface area contributed by atoms with E-state index in [0.29, 0.717) is 12.0 Å². The molecule has 2 N–H and O–H groups in total. The standard InChI is InChI=1S/C12H15NO3S3/c1-9(5-11-3-2-4-17-11)13-19(15,16)12-6-10(7-14)8-18-12/h2-4,6,8-9,13-14H,5,7H2,1H3. The summed E-state index contributed by atoms with van der Waals surface area (Å²) in [6, 6.07) is 5.28. The molecule has 4 nitrogen and oxygen atoms in total. The molecular formula is C12H15NO3S3. The molecule has 0 radical (unpaired) electrons. The van der Waals surface area contributed by atoms with Crippen LogP contribution in [-0.2, 0) is 23.1 Å². The van der Waals surface area contributed by atoms with Gasteiger partial charge < -0.3 is 5.11 Å². The van der Waals surface area contributed by atoms with E-state index < -0.39 is 10.0 Å². The van der Waals surface area contributed by atoms with Gasteiger partial charge in [0.05, 0.1) is 6.61 Å². The highest BCUT2D eigenvalue weighted by molar-refractivity contribution is 7.91. The van der Waals surface area contributed by atoms with Crippen LogP contribution in [0.25, 0.3) is 0 Å². The van der Waals surface area contributed by atoms with Crippen molar-refractivity contribution in [3.05, 3.63) is 39.4 Å². The zero-order chi connectivity index (χ0) is 13.9. The van der Waals surface area contributed by atoms with Crippen LogP contribution >= 0.6 is 22.7 Å². The molecular weight excluding hydrogens is 302 g/mol. The van der Waals surface area contributed by atoms with Crippen LogP contribution in [0.4, 0.5) is 0 Å². The molecule has 1 atom stereocenters. The van der Waals surface area contributed by atoms with Gasteiger partial charge in [0, 0.05) is 10.9 Å². The Kier molecular flexibility index (Phi) is 4.75. The predicted octanol–water partition coefficient (Wildman–Crippen LogP) is 2.21. The van der Waals surface area contributed by atoms with E-state index in [9.17, 15) is 8.42 Å². The summed E-state index contributed by atoms with van der Waals surface area (Å²) >= 11 is 2.74. The zero-order valence-electron chi connectivity index (χ0n) is 10.4. The summed E-state index contributed by atoms with van der Waals surface area (Å²) < 4.78 is 27.1. The van der Waals surface area contributed by atoms with E-state index in [-0.39, 0.29) is 16.9 Å². The largest absolute Gasteiger partial charge is 0.392 e. The molecule has 2 rings (SSSR count). The molecule has 0 fully saturated rings. The fourth-order valence-electron chi connectivity index (χ4n) is 1.67. The second-order valence-corrected chi connectivity index (χ2v) is 8.12. The smallest absolute Gasteiger partial charge is 0.250 e. The molecule has 0 aliphatic carbocycles. The van der Waals surface area contributed by atoms with Crippen molar-refractivity contribution in [3.8, 4) is 0 Å². The van der Waals surface area contributed by atoms with Gasteiger partial charge in [-0.15, -0.1) is 22.7 Å². The number of nitrogens with one attached hydrogen (secondary N) is 1. The van der Waals surface area contributed by atoms with Crippen molar-refractivity contribution >= 4 is 32.7 Å². The van der Waals surface area contributed by atoms with E-state index in [2.05, 4.69) is 4.72 Å². The minimum absolute atomic E-state index is 0.142. The first-order chi connectivity index (χ1) is 9.01. The first kappa shape index (κ1) is 14.7. The molecule has 2 aromatic heterocycles. The summed E-state index contributed by atoms with van der Waals surface area (Å²) in [5, 5.41) is 12.6. The lowest BCUT2D eigenvalue weighted by Crippen LogP contribution is -2.33. The molecule has 0 spiro atoms. The molecule has 0 bridgehead atoms. The molecule has 0 saturated carbocycles. The van der Waals surface area contributed by atoms with Crippen molar-refractivity contribution in [1.82, 2.24) is 4.72 Å². The number of sulfonamides is 1. The van der Waals surface area contributed by atoms with E-state index in [0.717, 1.165) is 16.2 Å². The van der Waals surface area contributed by atoms with Gasteiger partial charge in [-0.1, -0.05) is 6.07 Å². The minimum atomic E-state index is -3.49. The van der Waals surface area contributed by atoms with E-state index in [4.69, 9.17) is 5.11 Å². The second-order valence-electron chi connectivity index (χ2n) is 4.24. The van der Waals surface area contributed by atoms with Gasteiger partial charge in [-0.2, -0.15) is 0 Å². The van der Waals surface area contributed by atoms with Gasteiger partial charge in [0.1, 0.15) is 4.21 Å². The molecule has 2 aromatic rings. The van der Waals surface area contributed by atoms with Crippen molar-refractivity contribution in [1.29, 1.82) is 0 Å². The number of aliphatic hydroxyl groups is 1. The van der Waals surface area contributed by atoms with E-state index >= 15 is 0 Å². The summed E-state index contributed by atoms with van der Waals surface area (Å²) in [6.45, 7) is 1.70. The Bertz CT molecular complexity index is 616. The van der Waals surface area contributed by atoms with Gasteiger partial charge in [0.15, 0.2) is 0 Å². The average molecular weight is 317 g/mol. The van der Waals surface area contributed by atoms with Crippen LogP contribution in [0.2, 0.25) is 0 Å². The lowest BCUT2D eigenvalue weighted by atomic mass is 10.2. The summed E-state index contributed by atoms with van der Waals surface area (Å²) in [5.41, 5.74) is 0.622. The molecule has 7 heteroatoms. The van der Waals surface area contributed by atoms with Gasteiger partial charge in [0.2, 0.25) is 10.0 Å². The van der Waals surface area contributed by atoms with Gasteiger partial charge >= 0.3 is 0 Å². The maximum absolute atomic E-state index is 12.1. The molecule has 0 aliphatic heterocycles. The SMILES string of the molecule is CC(Cc1cccs1)NS(=O)(=O)c1cc(CO)cs1. The summed E-state index contributed by atoms with van der Waals surface area (Å²) in [7, 11) is -3.49. The molecule has 19 heavy (non-hydrogen) atoms. The topological polar surface area (TPSA) is 66.4 Å². The lowest BCUT2D eigenvalue weighted by molar-refractivity contribution is 0.282. The third-order valence-corrected chi connectivity index (χ3v) is 6.50. The molecule has 0 aromatic carbocycles. The zero-order valence-corrected chi connectivity index (χ0v) is 12.8. The fourth-order valence-corrected chi connectivity index (χ4v) is 4.97. The number of aliphatic hydroxyl groups excluding tert-OH is 1. The number of hydrogen-bond acceptors (Lipinski definition) is 5. The Morgan fingerprint density at radius 2 is 2.21 bits per heavy atom. The number of rotatable bonds is 6. The maximum Gasteiger partial charge on any atom is 0.250 e. The van der Waals surface area contributed by atoms with Crippen LogP contribution in [0.1, 0.15) is 17.4 Å². The van der Waals surface area contributed by atoms with Crippen LogP contribution in [0, 0.1) is 0 Å².